The Morgan fingerprint density at radius 3 is 2.44 bits per heavy atom. The number of hydrogen-bond donors (Lipinski definition) is 0. The summed E-state index contributed by atoms with van der Waals surface area (Å²) in [6.07, 6.45) is -6.59. The number of ether oxygens (including phenoxy) is 1. The van der Waals surface area contributed by atoms with E-state index in [0.717, 1.165) is 0 Å². The molecule has 1 rings (SSSR count). The predicted octanol–water partition coefficient (Wildman–Crippen LogP) is 3.71. The number of hydrogen-bond acceptors (Lipinski definition) is 1. The first kappa shape index (κ1) is 14.3. The minimum Gasteiger partial charge on any atom is -0.352 e. The third kappa shape index (κ3) is 5.07. The zero-order valence-electron chi connectivity index (χ0n) is 9.92. The van der Waals surface area contributed by atoms with Gasteiger partial charge in [0.25, 0.3) is 0 Å². The summed E-state index contributed by atoms with van der Waals surface area (Å²) in [6, 6.07) is 8.65. The maximum absolute atomic E-state index is 12.6. The molecule has 0 spiro atoms. The first-order chi connectivity index (χ1) is 8.39. The highest BCUT2D eigenvalue weighted by Crippen LogP contribution is 2.23. The van der Waals surface area contributed by atoms with E-state index in [9.17, 15) is 13.2 Å². The van der Waals surface area contributed by atoms with Crippen LogP contribution in [-0.4, -0.2) is 12.3 Å². The van der Waals surface area contributed by atoms with E-state index in [0.29, 0.717) is 11.1 Å². The quantitative estimate of drug-likeness (QED) is 0.747. The topological polar surface area (TPSA) is 9.23 Å². The summed E-state index contributed by atoms with van der Waals surface area (Å²) in [6.45, 7) is 4.84. The summed E-state index contributed by atoms with van der Waals surface area (Å²) in [5.41, 5.74) is 1.04. The van der Waals surface area contributed by atoms with Crippen molar-refractivity contribution >= 4 is 0 Å². The summed E-state index contributed by atoms with van der Waals surface area (Å²) in [5, 5.41) is 0. The van der Waals surface area contributed by atoms with Crippen molar-refractivity contribution in [1.82, 2.24) is 0 Å². The van der Waals surface area contributed by atoms with Gasteiger partial charge in [0.15, 0.2) is 0 Å². The van der Waals surface area contributed by atoms with Gasteiger partial charge in [-0.3, -0.25) is 0 Å². The zero-order valence-corrected chi connectivity index (χ0v) is 9.92. The van der Waals surface area contributed by atoms with Gasteiger partial charge in [-0.25, -0.2) is 0 Å². The van der Waals surface area contributed by atoms with Crippen LogP contribution in [0.5, 0.6) is 0 Å². The van der Waals surface area contributed by atoms with Gasteiger partial charge in [-0.05, 0) is 18.1 Å². The number of alkyl halides is 3. The third-order valence-corrected chi connectivity index (χ3v) is 1.97. The molecule has 0 saturated carbocycles. The summed E-state index contributed by atoms with van der Waals surface area (Å²) < 4.78 is 42.7. The van der Waals surface area contributed by atoms with Crippen LogP contribution >= 0.6 is 0 Å². The molecule has 0 fully saturated rings. The summed E-state index contributed by atoms with van der Waals surface area (Å²) >= 11 is 0. The molecule has 0 aliphatic carbocycles. The van der Waals surface area contributed by atoms with Crippen LogP contribution in [0.3, 0.4) is 0 Å². The molecule has 1 aromatic carbocycles. The lowest BCUT2D eigenvalue weighted by Gasteiger charge is -2.15. The molecule has 0 heterocycles. The fourth-order valence-corrected chi connectivity index (χ4v) is 1.16. The molecule has 0 aliphatic heterocycles. The van der Waals surface area contributed by atoms with Crippen molar-refractivity contribution in [2.75, 3.05) is 0 Å². The number of rotatable bonds is 3. The van der Waals surface area contributed by atoms with Crippen LogP contribution in [0.1, 0.15) is 12.5 Å². The summed E-state index contributed by atoms with van der Waals surface area (Å²) in [7, 11) is 0. The maximum atomic E-state index is 12.6. The molecule has 0 radical (unpaired) electrons. The largest absolute Gasteiger partial charge is 0.426 e. The van der Waals surface area contributed by atoms with Gasteiger partial charge in [-0.15, -0.1) is 0 Å². The van der Waals surface area contributed by atoms with E-state index in [1.807, 2.05) is 5.92 Å². The van der Waals surface area contributed by atoms with Gasteiger partial charge in [0, 0.05) is 0 Å². The molecular weight excluding hydrogens is 241 g/mol. The fourth-order valence-electron chi connectivity index (χ4n) is 1.16. The van der Waals surface area contributed by atoms with E-state index in [2.05, 4.69) is 12.5 Å². The lowest BCUT2D eigenvalue weighted by atomic mass is 10.2. The van der Waals surface area contributed by atoms with Gasteiger partial charge in [-0.2, -0.15) is 13.2 Å². The highest BCUT2D eigenvalue weighted by atomic mass is 19.4. The smallest absolute Gasteiger partial charge is 0.352 e. The molecule has 0 saturated heterocycles. The Hall–Kier alpha value is -1.73. The van der Waals surface area contributed by atoms with E-state index >= 15 is 0 Å². The molecule has 1 atom stereocenters. The molecular formula is C14H13F3O. The molecule has 0 unspecified atom stereocenters. The molecule has 96 valence electrons. The van der Waals surface area contributed by atoms with E-state index < -0.39 is 12.3 Å². The van der Waals surface area contributed by atoms with Gasteiger partial charge in [0.1, 0.15) is 0 Å². The Balaban J connectivity index is 2.70. The van der Waals surface area contributed by atoms with E-state index in [1.165, 1.54) is 6.92 Å². The average Bonchev–Trinajstić information content (AvgIpc) is 2.28. The minimum atomic E-state index is -4.50. The van der Waals surface area contributed by atoms with Crippen LogP contribution in [0.25, 0.3) is 0 Å². The van der Waals surface area contributed by atoms with Crippen LogP contribution in [-0.2, 0) is 11.3 Å². The Morgan fingerprint density at radius 2 is 1.94 bits per heavy atom. The summed E-state index contributed by atoms with van der Waals surface area (Å²) in [4.78, 5) is 0. The zero-order chi connectivity index (χ0) is 13.6. The second kappa shape index (κ2) is 6.27. The average molecular weight is 254 g/mol. The third-order valence-electron chi connectivity index (χ3n) is 1.97. The standard InChI is InChI=1S/C14H13F3O/c1-11(2)8-9-13(14(15,16)17)18-10-12-6-4-3-5-7-12/h3-7,13H,1,10H2,2H3/t13-/m1/s1. The van der Waals surface area contributed by atoms with Gasteiger partial charge >= 0.3 is 6.18 Å². The van der Waals surface area contributed by atoms with Gasteiger partial charge < -0.3 is 4.74 Å². The molecule has 0 amide bonds. The monoisotopic (exact) mass is 254 g/mol. The SMILES string of the molecule is C=C(C)C#C[C@@H](OCc1ccccc1)C(F)(F)F. The summed E-state index contributed by atoms with van der Waals surface area (Å²) in [5.74, 6) is 4.33. The lowest BCUT2D eigenvalue weighted by molar-refractivity contribution is -0.203. The van der Waals surface area contributed by atoms with E-state index in [-0.39, 0.29) is 6.61 Å². The van der Waals surface area contributed by atoms with E-state index in [4.69, 9.17) is 4.74 Å². The Kier molecular flexibility index (Phi) is 4.99. The first-order valence-corrected chi connectivity index (χ1v) is 5.29. The van der Waals surface area contributed by atoms with Gasteiger partial charge in [-0.1, -0.05) is 48.8 Å². The molecule has 0 bridgehead atoms. The van der Waals surface area contributed by atoms with Gasteiger partial charge in [0.05, 0.1) is 6.61 Å². The number of allylic oxidation sites excluding steroid dienone is 1. The fraction of sp³-hybridized carbons (Fsp3) is 0.286. The van der Waals surface area contributed by atoms with Crippen LogP contribution in [0.4, 0.5) is 13.2 Å². The predicted molar refractivity (Wildman–Crippen MR) is 63.7 cm³/mol. The Bertz CT molecular complexity index is 451. The normalized spacial score (nSPS) is 12.4. The second-order valence-corrected chi connectivity index (χ2v) is 3.77. The van der Waals surface area contributed by atoms with Crippen LogP contribution in [0.15, 0.2) is 42.5 Å². The van der Waals surface area contributed by atoms with Crippen molar-refractivity contribution < 1.29 is 17.9 Å². The Morgan fingerprint density at radius 1 is 1.33 bits per heavy atom. The molecule has 1 aromatic rings. The molecule has 1 nitrogen and oxygen atoms in total. The van der Waals surface area contributed by atoms with Crippen LogP contribution in [0.2, 0.25) is 0 Å². The molecule has 4 heteroatoms. The number of benzene rings is 1. The second-order valence-electron chi connectivity index (χ2n) is 3.77. The van der Waals surface area contributed by atoms with Crippen LogP contribution in [0, 0.1) is 11.8 Å². The van der Waals surface area contributed by atoms with E-state index in [1.54, 1.807) is 30.3 Å². The molecule has 0 N–H and O–H groups in total. The minimum absolute atomic E-state index is 0.129. The van der Waals surface area contributed by atoms with Crippen molar-refractivity contribution in [3.05, 3.63) is 48.0 Å². The van der Waals surface area contributed by atoms with Crippen molar-refractivity contribution in [3.8, 4) is 11.8 Å². The van der Waals surface area contributed by atoms with Crippen molar-refractivity contribution in [2.24, 2.45) is 0 Å². The Labute approximate surface area is 104 Å². The first-order valence-electron chi connectivity index (χ1n) is 5.29. The lowest BCUT2D eigenvalue weighted by Crippen LogP contribution is -2.30. The molecule has 0 aromatic heterocycles. The number of halogens is 3. The van der Waals surface area contributed by atoms with Crippen molar-refractivity contribution in [2.45, 2.75) is 25.8 Å². The maximum Gasteiger partial charge on any atom is 0.426 e. The molecule has 18 heavy (non-hydrogen) atoms. The molecule has 0 aliphatic rings. The highest BCUT2D eigenvalue weighted by Gasteiger charge is 2.39. The van der Waals surface area contributed by atoms with Crippen LogP contribution < -0.4 is 0 Å². The highest BCUT2D eigenvalue weighted by molar-refractivity contribution is 5.25. The van der Waals surface area contributed by atoms with Crippen molar-refractivity contribution in [3.63, 3.8) is 0 Å². The van der Waals surface area contributed by atoms with Crippen molar-refractivity contribution in [1.29, 1.82) is 0 Å². The van der Waals surface area contributed by atoms with Gasteiger partial charge in [0.2, 0.25) is 6.10 Å².